The molecular weight excluding hydrogens is 310 g/mol. The molecule has 0 aliphatic heterocycles. The standard InChI is InChI=1S/C10H11Br2NO/c1-3-7-4-8(11)10(9(12)5-7)13-6(2)14/h4-5H,3H2,1-2H3,(H,13,14). The number of hydrogen-bond donors (Lipinski definition) is 1. The molecule has 0 aromatic heterocycles. The quantitative estimate of drug-likeness (QED) is 0.883. The highest BCUT2D eigenvalue weighted by molar-refractivity contribution is 9.11. The Balaban J connectivity index is 3.11. The third kappa shape index (κ3) is 2.82. The molecule has 1 aromatic rings. The van der Waals surface area contributed by atoms with Crippen molar-refractivity contribution in [3.8, 4) is 0 Å². The summed E-state index contributed by atoms with van der Waals surface area (Å²) in [7, 11) is 0. The Morgan fingerprint density at radius 2 is 1.86 bits per heavy atom. The Labute approximate surface area is 100 Å². The van der Waals surface area contributed by atoms with Crippen LogP contribution in [0, 0.1) is 0 Å². The minimum atomic E-state index is -0.0735. The van der Waals surface area contributed by atoms with Crippen LogP contribution in [-0.4, -0.2) is 5.91 Å². The number of rotatable bonds is 2. The van der Waals surface area contributed by atoms with Gasteiger partial charge in [0.1, 0.15) is 0 Å². The van der Waals surface area contributed by atoms with Gasteiger partial charge in [0.2, 0.25) is 5.91 Å². The van der Waals surface area contributed by atoms with Crippen molar-refractivity contribution in [2.24, 2.45) is 0 Å². The molecule has 1 N–H and O–H groups in total. The highest BCUT2D eigenvalue weighted by atomic mass is 79.9. The first kappa shape index (κ1) is 11.7. The number of aryl methyl sites for hydroxylation is 1. The largest absolute Gasteiger partial charge is 0.324 e. The molecule has 0 heterocycles. The van der Waals surface area contributed by atoms with E-state index in [0.717, 1.165) is 21.1 Å². The molecule has 76 valence electrons. The van der Waals surface area contributed by atoms with Crippen LogP contribution in [0.15, 0.2) is 21.1 Å². The van der Waals surface area contributed by atoms with E-state index >= 15 is 0 Å². The van der Waals surface area contributed by atoms with Crippen LogP contribution in [0.2, 0.25) is 0 Å². The molecule has 0 spiro atoms. The van der Waals surface area contributed by atoms with Gasteiger partial charge >= 0.3 is 0 Å². The van der Waals surface area contributed by atoms with Crippen molar-refractivity contribution >= 4 is 43.5 Å². The molecule has 0 bridgehead atoms. The van der Waals surface area contributed by atoms with Crippen molar-refractivity contribution < 1.29 is 4.79 Å². The van der Waals surface area contributed by atoms with E-state index in [1.807, 2.05) is 12.1 Å². The molecule has 0 aliphatic carbocycles. The van der Waals surface area contributed by atoms with Gasteiger partial charge < -0.3 is 5.32 Å². The summed E-state index contributed by atoms with van der Waals surface area (Å²) in [6.45, 7) is 3.58. The van der Waals surface area contributed by atoms with Gasteiger partial charge in [0.05, 0.1) is 5.69 Å². The molecular formula is C10H11Br2NO. The zero-order chi connectivity index (χ0) is 10.7. The van der Waals surface area contributed by atoms with Gasteiger partial charge in [0.15, 0.2) is 0 Å². The molecule has 0 radical (unpaired) electrons. The highest BCUT2D eigenvalue weighted by Crippen LogP contribution is 2.32. The van der Waals surface area contributed by atoms with Crippen LogP contribution in [0.1, 0.15) is 19.4 Å². The molecule has 1 amide bonds. The second-order valence-corrected chi connectivity index (χ2v) is 4.68. The van der Waals surface area contributed by atoms with Gasteiger partial charge in [-0.25, -0.2) is 0 Å². The van der Waals surface area contributed by atoms with Crippen LogP contribution in [-0.2, 0) is 11.2 Å². The van der Waals surface area contributed by atoms with E-state index < -0.39 is 0 Å². The molecule has 2 nitrogen and oxygen atoms in total. The lowest BCUT2D eigenvalue weighted by atomic mass is 10.1. The van der Waals surface area contributed by atoms with Gasteiger partial charge in [-0.05, 0) is 56.0 Å². The Hall–Kier alpha value is -0.350. The van der Waals surface area contributed by atoms with E-state index in [0.29, 0.717) is 0 Å². The highest BCUT2D eigenvalue weighted by Gasteiger charge is 2.07. The SMILES string of the molecule is CCc1cc(Br)c(NC(C)=O)c(Br)c1. The van der Waals surface area contributed by atoms with Gasteiger partial charge in [-0.3, -0.25) is 4.79 Å². The van der Waals surface area contributed by atoms with Crippen LogP contribution >= 0.6 is 31.9 Å². The number of nitrogens with one attached hydrogen (secondary N) is 1. The minimum Gasteiger partial charge on any atom is -0.324 e. The lowest BCUT2D eigenvalue weighted by Crippen LogP contribution is -2.07. The van der Waals surface area contributed by atoms with E-state index in [9.17, 15) is 4.79 Å². The van der Waals surface area contributed by atoms with Crippen LogP contribution < -0.4 is 5.32 Å². The maximum atomic E-state index is 10.9. The smallest absolute Gasteiger partial charge is 0.221 e. The maximum Gasteiger partial charge on any atom is 0.221 e. The number of amides is 1. The molecule has 0 atom stereocenters. The lowest BCUT2D eigenvalue weighted by Gasteiger charge is -2.09. The van der Waals surface area contributed by atoms with E-state index in [4.69, 9.17) is 0 Å². The van der Waals surface area contributed by atoms with Gasteiger partial charge in [0.25, 0.3) is 0 Å². The lowest BCUT2D eigenvalue weighted by molar-refractivity contribution is -0.114. The predicted molar refractivity (Wildman–Crippen MR) is 65.5 cm³/mol. The van der Waals surface area contributed by atoms with Crippen molar-refractivity contribution in [1.29, 1.82) is 0 Å². The van der Waals surface area contributed by atoms with Gasteiger partial charge in [-0.1, -0.05) is 6.92 Å². The molecule has 0 saturated carbocycles. The maximum absolute atomic E-state index is 10.9. The summed E-state index contributed by atoms with van der Waals surface area (Å²) in [6.07, 6.45) is 0.970. The molecule has 14 heavy (non-hydrogen) atoms. The normalized spacial score (nSPS) is 10.0. The van der Waals surface area contributed by atoms with Crippen molar-refractivity contribution in [3.63, 3.8) is 0 Å². The summed E-state index contributed by atoms with van der Waals surface area (Å²) in [5, 5.41) is 2.76. The second-order valence-electron chi connectivity index (χ2n) is 2.97. The zero-order valence-electron chi connectivity index (χ0n) is 8.03. The van der Waals surface area contributed by atoms with E-state index in [1.165, 1.54) is 12.5 Å². The second kappa shape index (κ2) is 4.94. The Morgan fingerprint density at radius 1 is 1.36 bits per heavy atom. The number of halogens is 2. The zero-order valence-corrected chi connectivity index (χ0v) is 11.2. The van der Waals surface area contributed by atoms with Gasteiger partial charge in [0, 0.05) is 15.9 Å². The fourth-order valence-corrected chi connectivity index (χ4v) is 2.60. The molecule has 0 unspecified atom stereocenters. The summed E-state index contributed by atoms with van der Waals surface area (Å²) in [6, 6.07) is 4.02. The Kier molecular flexibility index (Phi) is 4.13. The number of hydrogen-bond acceptors (Lipinski definition) is 1. The molecule has 0 fully saturated rings. The molecule has 1 aromatic carbocycles. The van der Waals surface area contributed by atoms with Crippen LogP contribution in [0.4, 0.5) is 5.69 Å². The summed E-state index contributed by atoms with van der Waals surface area (Å²) >= 11 is 6.85. The number of anilines is 1. The fourth-order valence-electron chi connectivity index (χ4n) is 1.13. The minimum absolute atomic E-state index is 0.0735. The summed E-state index contributed by atoms with van der Waals surface area (Å²) < 4.78 is 1.80. The summed E-state index contributed by atoms with van der Waals surface area (Å²) in [5.41, 5.74) is 2.01. The van der Waals surface area contributed by atoms with E-state index in [1.54, 1.807) is 0 Å². The number of benzene rings is 1. The monoisotopic (exact) mass is 319 g/mol. The molecule has 1 rings (SSSR count). The van der Waals surface area contributed by atoms with E-state index in [-0.39, 0.29) is 5.91 Å². The first-order chi connectivity index (χ1) is 6.54. The molecule has 4 heteroatoms. The van der Waals surface area contributed by atoms with Crippen molar-refractivity contribution in [2.75, 3.05) is 5.32 Å². The van der Waals surface area contributed by atoms with Gasteiger partial charge in [-0.15, -0.1) is 0 Å². The molecule has 0 aliphatic rings. The topological polar surface area (TPSA) is 29.1 Å². The Morgan fingerprint density at radius 3 is 2.21 bits per heavy atom. The predicted octanol–water partition coefficient (Wildman–Crippen LogP) is 3.73. The van der Waals surface area contributed by atoms with Crippen molar-refractivity contribution in [1.82, 2.24) is 0 Å². The number of carbonyl (C=O) groups is 1. The van der Waals surface area contributed by atoms with Gasteiger partial charge in [-0.2, -0.15) is 0 Å². The third-order valence-corrected chi connectivity index (χ3v) is 3.06. The first-order valence-electron chi connectivity index (χ1n) is 4.30. The van der Waals surface area contributed by atoms with E-state index in [2.05, 4.69) is 44.1 Å². The summed E-state index contributed by atoms with van der Waals surface area (Å²) in [4.78, 5) is 10.9. The van der Waals surface area contributed by atoms with Crippen LogP contribution in [0.3, 0.4) is 0 Å². The number of carbonyl (C=O) groups excluding carboxylic acids is 1. The van der Waals surface area contributed by atoms with Crippen LogP contribution in [0.25, 0.3) is 0 Å². The van der Waals surface area contributed by atoms with Crippen molar-refractivity contribution in [2.45, 2.75) is 20.3 Å². The van der Waals surface area contributed by atoms with Crippen LogP contribution in [0.5, 0.6) is 0 Å². The Bertz CT molecular complexity index is 340. The first-order valence-corrected chi connectivity index (χ1v) is 5.88. The van der Waals surface area contributed by atoms with Crippen molar-refractivity contribution in [3.05, 3.63) is 26.6 Å². The molecule has 0 saturated heterocycles. The summed E-state index contributed by atoms with van der Waals surface area (Å²) in [5.74, 6) is -0.0735. The fraction of sp³-hybridized carbons (Fsp3) is 0.300. The average Bonchev–Trinajstić information content (AvgIpc) is 2.10. The third-order valence-electron chi connectivity index (χ3n) is 1.81. The average molecular weight is 321 g/mol.